The molecule has 1 N–H and O–H groups in total. The second-order valence-electron chi connectivity index (χ2n) is 6.81. The first-order valence-corrected chi connectivity index (χ1v) is 10.1. The first-order chi connectivity index (χ1) is 15.0. The summed E-state index contributed by atoms with van der Waals surface area (Å²) in [4.78, 5) is 16.5. The maximum Gasteiger partial charge on any atom is 0.293 e. The zero-order valence-corrected chi connectivity index (χ0v) is 18.0. The molecule has 0 aliphatic rings. The summed E-state index contributed by atoms with van der Waals surface area (Å²) >= 11 is 12.0. The van der Waals surface area contributed by atoms with Gasteiger partial charge in [-0.3, -0.25) is 10.1 Å². The number of anilines is 1. The highest BCUT2D eigenvalue weighted by molar-refractivity contribution is 6.30. The van der Waals surface area contributed by atoms with Gasteiger partial charge in [0, 0.05) is 10.0 Å². The molecule has 31 heavy (non-hydrogen) atoms. The van der Waals surface area contributed by atoms with Crippen molar-refractivity contribution in [3.05, 3.63) is 93.6 Å². The number of halogens is 2. The lowest BCUT2D eigenvalue weighted by Gasteiger charge is -2.07. The standard InChI is InChI=1S/C22H18Cl2N4O3/c1-14-9-17(24)5-7-19(14)30-12-18-6-8-20(31-18)21(29)26-22-25-13-28(27-22)11-15-3-2-4-16(23)10-15/h2-10,13H,11-12H2,1H3,(H,26,27,29). The molecule has 9 heteroatoms. The van der Waals surface area contributed by atoms with Gasteiger partial charge in [-0.15, -0.1) is 5.10 Å². The Bertz CT molecular complexity index is 1220. The van der Waals surface area contributed by atoms with Crippen molar-refractivity contribution in [1.82, 2.24) is 14.8 Å². The van der Waals surface area contributed by atoms with E-state index in [0.717, 1.165) is 11.1 Å². The molecule has 0 bridgehead atoms. The molecule has 0 atom stereocenters. The summed E-state index contributed by atoms with van der Waals surface area (Å²) in [5.41, 5.74) is 1.89. The molecule has 0 fully saturated rings. The molecule has 4 aromatic rings. The zero-order valence-electron chi connectivity index (χ0n) is 16.5. The molecule has 1 amide bonds. The lowest BCUT2D eigenvalue weighted by molar-refractivity contribution is 0.0991. The highest BCUT2D eigenvalue weighted by atomic mass is 35.5. The minimum absolute atomic E-state index is 0.137. The molecule has 0 unspecified atom stereocenters. The van der Waals surface area contributed by atoms with Crippen LogP contribution in [0.25, 0.3) is 0 Å². The van der Waals surface area contributed by atoms with Gasteiger partial charge in [-0.2, -0.15) is 0 Å². The topological polar surface area (TPSA) is 82.2 Å². The van der Waals surface area contributed by atoms with E-state index in [0.29, 0.717) is 28.1 Å². The van der Waals surface area contributed by atoms with E-state index >= 15 is 0 Å². The minimum Gasteiger partial charge on any atom is -0.485 e. The second-order valence-corrected chi connectivity index (χ2v) is 7.69. The van der Waals surface area contributed by atoms with Crippen LogP contribution in [0.3, 0.4) is 0 Å². The number of ether oxygens (including phenoxy) is 1. The normalized spacial score (nSPS) is 10.8. The lowest BCUT2D eigenvalue weighted by atomic mass is 10.2. The Balaban J connectivity index is 1.34. The predicted molar refractivity (Wildman–Crippen MR) is 118 cm³/mol. The van der Waals surface area contributed by atoms with Gasteiger partial charge < -0.3 is 9.15 Å². The number of aromatic nitrogens is 3. The summed E-state index contributed by atoms with van der Waals surface area (Å²) in [5.74, 6) is 1.07. The van der Waals surface area contributed by atoms with Crippen molar-refractivity contribution >= 4 is 35.1 Å². The van der Waals surface area contributed by atoms with Crippen LogP contribution in [-0.2, 0) is 13.2 Å². The van der Waals surface area contributed by atoms with Gasteiger partial charge in [0.2, 0.25) is 5.95 Å². The van der Waals surface area contributed by atoms with E-state index in [4.69, 9.17) is 32.4 Å². The smallest absolute Gasteiger partial charge is 0.293 e. The van der Waals surface area contributed by atoms with E-state index in [1.54, 1.807) is 35.0 Å². The van der Waals surface area contributed by atoms with Gasteiger partial charge in [0.15, 0.2) is 5.76 Å². The molecular formula is C22H18Cl2N4O3. The number of aryl methyl sites for hydroxylation is 1. The number of benzene rings is 2. The Morgan fingerprint density at radius 1 is 1.13 bits per heavy atom. The average Bonchev–Trinajstić information content (AvgIpc) is 3.37. The number of rotatable bonds is 7. The molecule has 2 heterocycles. The molecule has 2 aromatic carbocycles. The van der Waals surface area contributed by atoms with Crippen molar-refractivity contribution in [2.75, 3.05) is 5.32 Å². The van der Waals surface area contributed by atoms with Crippen molar-refractivity contribution in [2.24, 2.45) is 0 Å². The van der Waals surface area contributed by atoms with Crippen molar-refractivity contribution in [1.29, 1.82) is 0 Å². The third-order valence-electron chi connectivity index (χ3n) is 4.39. The molecule has 4 rings (SSSR count). The number of nitrogens with one attached hydrogen (secondary N) is 1. The minimum atomic E-state index is -0.450. The van der Waals surface area contributed by atoms with Crippen LogP contribution < -0.4 is 10.1 Å². The molecule has 0 saturated carbocycles. The summed E-state index contributed by atoms with van der Waals surface area (Å²) in [5, 5.41) is 8.17. The van der Waals surface area contributed by atoms with Crippen molar-refractivity contribution in [3.8, 4) is 5.75 Å². The molecule has 0 aliphatic heterocycles. The SMILES string of the molecule is Cc1cc(Cl)ccc1OCc1ccc(C(=O)Nc2ncn(Cc3cccc(Cl)c3)n2)o1. The number of amides is 1. The van der Waals surface area contributed by atoms with E-state index < -0.39 is 5.91 Å². The van der Waals surface area contributed by atoms with Crippen LogP contribution in [-0.4, -0.2) is 20.7 Å². The summed E-state index contributed by atoms with van der Waals surface area (Å²) < 4.78 is 12.9. The van der Waals surface area contributed by atoms with Crippen LogP contribution in [0.1, 0.15) is 27.4 Å². The molecule has 7 nitrogen and oxygen atoms in total. The van der Waals surface area contributed by atoms with Gasteiger partial charge in [0.25, 0.3) is 5.91 Å². The van der Waals surface area contributed by atoms with E-state index in [1.807, 2.05) is 31.2 Å². The van der Waals surface area contributed by atoms with Gasteiger partial charge in [0.05, 0.1) is 6.54 Å². The maximum absolute atomic E-state index is 12.4. The molecular weight excluding hydrogens is 439 g/mol. The van der Waals surface area contributed by atoms with Crippen LogP contribution >= 0.6 is 23.2 Å². The van der Waals surface area contributed by atoms with E-state index in [-0.39, 0.29) is 18.3 Å². The zero-order chi connectivity index (χ0) is 21.8. The predicted octanol–water partition coefficient (Wildman–Crippen LogP) is 5.37. The monoisotopic (exact) mass is 456 g/mol. The number of hydrogen-bond acceptors (Lipinski definition) is 5. The fourth-order valence-electron chi connectivity index (χ4n) is 2.91. The van der Waals surface area contributed by atoms with Gasteiger partial charge >= 0.3 is 0 Å². The average molecular weight is 457 g/mol. The quantitative estimate of drug-likeness (QED) is 0.404. The summed E-state index contributed by atoms with van der Waals surface area (Å²) in [7, 11) is 0. The Morgan fingerprint density at radius 2 is 1.97 bits per heavy atom. The van der Waals surface area contributed by atoms with Crippen LogP contribution in [0.2, 0.25) is 10.0 Å². The maximum atomic E-state index is 12.4. The van der Waals surface area contributed by atoms with Gasteiger partial charge in [-0.25, -0.2) is 9.67 Å². The summed E-state index contributed by atoms with van der Waals surface area (Å²) in [6.07, 6.45) is 1.53. The van der Waals surface area contributed by atoms with Crippen molar-refractivity contribution in [3.63, 3.8) is 0 Å². The Morgan fingerprint density at radius 3 is 2.77 bits per heavy atom. The van der Waals surface area contributed by atoms with Gasteiger partial charge in [-0.1, -0.05) is 35.3 Å². The van der Waals surface area contributed by atoms with Crippen LogP contribution in [0.4, 0.5) is 5.95 Å². The fraction of sp³-hybridized carbons (Fsp3) is 0.136. The van der Waals surface area contributed by atoms with Crippen LogP contribution in [0, 0.1) is 6.92 Å². The number of carbonyl (C=O) groups is 1. The number of furan rings is 1. The fourth-order valence-corrected chi connectivity index (χ4v) is 3.35. The molecule has 0 aliphatic carbocycles. The Hall–Kier alpha value is -3.29. The van der Waals surface area contributed by atoms with Gasteiger partial charge in [-0.05, 0) is 60.5 Å². The van der Waals surface area contributed by atoms with Crippen LogP contribution in [0.15, 0.2) is 65.3 Å². The lowest BCUT2D eigenvalue weighted by Crippen LogP contribution is -2.12. The number of hydrogen-bond donors (Lipinski definition) is 1. The molecule has 0 saturated heterocycles. The summed E-state index contributed by atoms with van der Waals surface area (Å²) in [6.45, 7) is 2.57. The molecule has 2 aromatic heterocycles. The van der Waals surface area contributed by atoms with Crippen molar-refractivity contribution in [2.45, 2.75) is 20.1 Å². The third-order valence-corrected chi connectivity index (χ3v) is 4.86. The molecule has 158 valence electrons. The van der Waals surface area contributed by atoms with E-state index in [9.17, 15) is 4.79 Å². The summed E-state index contributed by atoms with van der Waals surface area (Å²) in [6, 6.07) is 16.1. The van der Waals surface area contributed by atoms with E-state index in [2.05, 4.69) is 15.4 Å². The number of nitrogens with zero attached hydrogens (tertiary/aromatic N) is 3. The third kappa shape index (κ3) is 5.45. The van der Waals surface area contributed by atoms with Crippen LogP contribution in [0.5, 0.6) is 5.75 Å². The highest BCUT2D eigenvalue weighted by Crippen LogP contribution is 2.23. The number of carbonyl (C=O) groups excluding carboxylic acids is 1. The van der Waals surface area contributed by atoms with Gasteiger partial charge in [0.1, 0.15) is 24.4 Å². The Kier molecular flexibility index (Phi) is 6.25. The molecule has 0 spiro atoms. The van der Waals surface area contributed by atoms with E-state index in [1.165, 1.54) is 6.33 Å². The first kappa shape index (κ1) is 21.0. The first-order valence-electron chi connectivity index (χ1n) is 9.39. The Labute approximate surface area is 188 Å². The second kappa shape index (κ2) is 9.24. The highest BCUT2D eigenvalue weighted by Gasteiger charge is 2.14. The largest absolute Gasteiger partial charge is 0.485 e. The van der Waals surface area contributed by atoms with Crippen molar-refractivity contribution < 1.29 is 13.9 Å². The molecule has 0 radical (unpaired) electrons.